The highest BCUT2D eigenvalue weighted by Crippen LogP contribution is 2.46. The van der Waals surface area contributed by atoms with Gasteiger partial charge in [-0.2, -0.15) is 8.42 Å². The van der Waals surface area contributed by atoms with Crippen LogP contribution in [0.4, 0.5) is 0 Å². The molecule has 0 atom stereocenters. The first-order valence-electron chi connectivity index (χ1n) is 10.9. The van der Waals surface area contributed by atoms with E-state index >= 15 is 0 Å². The average Bonchev–Trinajstić information content (AvgIpc) is 2.76. The summed E-state index contributed by atoms with van der Waals surface area (Å²) in [5, 5.41) is 5.20. The van der Waals surface area contributed by atoms with Gasteiger partial charge in [0.05, 0.1) is 22.3 Å². The molecule has 0 radical (unpaired) electrons. The number of fused-ring (bicyclic) bond motifs is 2. The average molecular weight is 479 g/mol. The Labute approximate surface area is 197 Å². The Morgan fingerprint density at radius 1 is 0.758 bits per heavy atom. The van der Waals surface area contributed by atoms with Gasteiger partial charge in [-0.15, -0.1) is 0 Å². The summed E-state index contributed by atoms with van der Waals surface area (Å²) in [4.78, 5) is 0.183. The van der Waals surface area contributed by atoms with E-state index < -0.39 is 18.2 Å². The Bertz CT molecular complexity index is 1500. The summed E-state index contributed by atoms with van der Waals surface area (Å²) in [7, 11) is -2.68. The SMILES string of the molecule is COc1c(C)cc2cc([Si](C)(C)C)ccc2c1-c1c(S(=O)(=O)OC)c(C)cc2ccccc12. The molecule has 0 aromatic heterocycles. The van der Waals surface area contributed by atoms with Crippen molar-refractivity contribution in [2.75, 3.05) is 14.2 Å². The van der Waals surface area contributed by atoms with Crippen LogP contribution in [-0.2, 0) is 14.3 Å². The first-order valence-corrected chi connectivity index (χ1v) is 15.9. The lowest BCUT2D eigenvalue weighted by Gasteiger charge is -2.22. The molecule has 4 nitrogen and oxygen atoms in total. The molecule has 33 heavy (non-hydrogen) atoms. The minimum atomic E-state index is -3.99. The number of rotatable bonds is 5. The molecule has 0 amide bonds. The van der Waals surface area contributed by atoms with Crippen molar-refractivity contribution in [2.45, 2.75) is 38.4 Å². The fraction of sp³-hybridized carbons (Fsp3) is 0.259. The number of hydrogen-bond acceptors (Lipinski definition) is 4. The van der Waals surface area contributed by atoms with E-state index in [0.717, 1.165) is 32.7 Å². The molecule has 0 N–H and O–H groups in total. The lowest BCUT2D eigenvalue weighted by atomic mass is 9.90. The Morgan fingerprint density at radius 3 is 2.03 bits per heavy atom. The number of aryl methyl sites for hydroxylation is 2. The molecule has 0 unspecified atom stereocenters. The first kappa shape index (κ1) is 23.5. The van der Waals surface area contributed by atoms with Crippen LogP contribution in [0.25, 0.3) is 32.7 Å². The smallest absolute Gasteiger partial charge is 0.297 e. The van der Waals surface area contributed by atoms with E-state index in [1.165, 1.54) is 12.3 Å². The Kier molecular flexibility index (Phi) is 5.89. The summed E-state index contributed by atoms with van der Waals surface area (Å²) in [5.41, 5.74) is 3.00. The van der Waals surface area contributed by atoms with Crippen molar-refractivity contribution in [2.24, 2.45) is 0 Å². The van der Waals surface area contributed by atoms with Gasteiger partial charge in [0, 0.05) is 11.1 Å². The zero-order valence-corrected chi connectivity index (χ0v) is 22.1. The highest BCUT2D eigenvalue weighted by molar-refractivity contribution is 7.87. The van der Waals surface area contributed by atoms with Crippen molar-refractivity contribution < 1.29 is 17.3 Å². The van der Waals surface area contributed by atoms with Gasteiger partial charge in [0.2, 0.25) is 0 Å². The zero-order valence-electron chi connectivity index (χ0n) is 20.2. The van der Waals surface area contributed by atoms with Crippen molar-refractivity contribution >= 4 is 44.9 Å². The van der Waals surface area contributed by atoms with Crippen molar-refractivity contribution in [1.82, 2.24) is 0 Å². The molecule has 172 valence electrons. The van der Waals surface area contributed by atoms with Crippen molar-refractivity contribution in [3.05, 3.63) is 65.7 Å². The minimum absolute atomic E-state index is 0.183. The molecule has 0 saturated carbocycles. The quantitative estimate of drug-likeness (QED) is 0.254. The van der Waals surface area contributed by atoms with Gasteiger partial charge < -0.3 is 4.74 Å². The fourth-order valence-corrected chi connectivity index (χ4v) is 6.88. The summed E-state index contributed by atoms with van der Waals surface area (Å²) in [5.74, 6) is 0.673. The summed E-state index contributed by atoms with van der Waals surface area (Å²) in [6.45, 7) is 10.8. The maximum absolute atomic E-state index is 13.2. The molecule has 0 aliphatic rings. The third-order valence-electron chi connectivity index (χ3n) is 6.26. The second-order valence-electron chi connectivity index (χ2n) is 9.53. The Hall–Kier alpha value is -2.67. The predicted molar refractivity (Wildman–Crippen MR) is 140 cm³/mol. The number of hydrogen-bond donors (Lipinski definition) is 0. The van der Waals surface area contributed by atoms with Gasteiger partial charge in [0.25, 0.3) is 10.1 Å². The monoisotopic (exact) mass is 478 g/mol. The van der Waals surface area contributed by atoms with Crippen LogP contribution in [0.5, 0.6) is 5.75 Å². The molecule has 0 bridgehead atoms. The summed E-state index contributed by atoms with van der Waals surface area (Å²) in [6.07, 6.45) is 0. The van der Waals surface area contributed by atoms with Crippen molar-refractivity contribution in [3.8, 4) is 16.9 Å². The van der Waals surface area contributed by atoms with Gasteiger partial charge in [-0.1, -0.05) is 73.4 Å². The minimum Gasteiger partial charge on any atom is -0.496 e. The number of methoxy groups -OCH3 is 1. The van der Waals surface area contributed by atoms with Crippen molar-refractivity contribution in [1.29, 1.82) is 0 Å². The predicted octanol–water partition coefficient (Wildman–Crippen LogP) is 6.17. The van der Waals surface area contributed by atoms with Crippen LogP contribution >= 0.6 is 0 Å². The molecule has 4 aromatic carbocycles. The van der Waals surface area contributed by atoms with Gasteiger partial charge in [-0.25, -0.2) is 0 Å². The van der Waals surface area contributed by atoms with Crippen LogP contribution in [-0.4, -0.2) is 30.7 Å². The maximum Gasteiger partial charge on any atom is 0.297 e. The molecule has 0 fully saturated rings. The van der Waals surface area contributed by atoms with Crippen LogP contribution in [0.15, 0.2) is 59.5 Å². The maximum atomic E-state index is 13.2. The van der Waals surface area contributed by atoms with E-state index in [4.69, 9.17) is 8.92 Å². The molecule has 0 saturated heterocycles. The van der Waals surface area contributed by atoms with Crippen LogP contribution in [0.2, 0.25) is 19.6 Å². The largest absolute Gasteiger partial charge is 0.496 e. The third-order valence-corrected chi connectivity index (χ3v) is 9.76. The summed E-state index contributed by atoms with van der Waals surface area (Å²) >= 11 is 0. The molecule has 0 aliphatic carbocycles. The van der Waals surface area contributed by atoms with Crippen LogP contribution < -0.4 is 9.92 Å². The number of ether oxygens (including phenoxy) is 1. The lowest BCUT2D eigenvalue weighted by molar-refractivity contribution is 0.397. The Balaban J connectivity index is 2.28. The lowest BCUT2D eigenvalue weighted by Crippen LogP contribution is -2.37. The Morgan fingerprint density at radius 2 is 1.39 bits per heavy atom. The van der Waals surface area contributed by atoms with Gasteiger partial charge >= 0.3 is 0 Å². The molecule has 0 spiro atoms. The van der Waals surface area contributed by atoms with E-state index in [-0.39, 0.29) is 4.90 Å². The molecule has 6 heteroatoms. The normalized spacial score (nSPS) is 12.5. The van der Waals surface area contributed by atoms with Crippen LogP contribution in [0.3, 0.4) is 0 Å². The molecule has 0 heterocycles. The first-order chi connectivity index (χ1) is 15.5. The second-order valence-corrected chi connectivity index (χ2v) is 16.3. The molecule has 4 rings (SSSR count). The molecular weight excluding hydrogens is 448 g/mol. The third kappa shape index (κ3) is 3.96. The fourth-order valence-electron chi connectivity index (χ4n) is 4.63. The van der Waals surface area contributed by atoms with Gasteiger partial charge in [-0.3, -0.25) is 4.18 Å². The van der Waals surface area contributed by atoms with E-state index in [1.807, 2.05) is 44.2 Å². The van der Waals surface area contributed by atoms with E-state index in [9.17, 15) is 8.42 Å². The van der Waals surface area contributed by atoms with Crippen LogP contribution in [0, 0.1) is 13.8 Å². The van der Waals surface area contributed by atoms with E-state index in [1.54, 1.807) is 7.11 Å². The second kappa shape index (κ2) is 8.28. The standard InChI is InChI=1S/C27H30O4SSi/c1-17-14-20-16-21(33(5,6)7)12-13-23(20)24(26(17)30-3)25-22-11-9-8-10-19(22)15-18(2)27(25)32(28,29)31-4/h8-16H,1-7H3. The highest BCUT2D eigenvalue weighted by Gasteiger charge is 2.28. The van der Waals surface area contributed by atoms with E-state index in [2.05, 4.69) is 43.9 Å². The van der Waals surface area contributed by atoms with Gasteiger partial charge in [0.15, 0.2) is 0 Å². The summed E-state index contributed by atoms with van der Waals surface area (Å²) in [6, 6.07) is 18.4. The molecule has 0 aliphatic heterocycles. The van der Waals surface area contributed by atoms with Crippen LogP contribution in [0.1, 0.15) is 11.1 Å². The van der Waals surface area contributed by atoms with Gasteiger partial charge in [-0.05, 0) is 52.6 Å². The number of benzene rings is 4. The molecule has 4 aromatic rings. The summed E-state index contributed by atoms with van der Waals surface area (Å²) < 4.78 is 37.3. The zero-order chi connectivity index (χ0) is 24.1. The van der Waals surface area contributed by atoms with Gasteiger partial charge in [0.1, 0.15) is 10.6 Å². The molecular formula is C27H30O4SSi. The highest BCUT2D eigenvalue weighted by atomic mass is 32.2. The van der Waals surface area contributed by atoms with Crippen molar-refractivity contribution in [3.63, 3.8) is 0 Å². The topological polar surface area (TPSA) is 52.6 Å². The van der Waals surface area contributed by atoms with E-state index in [0.29, 0.717) is 16.9 Å².